The zero-order valence-corrected chi connectivity index (χ0v) is 10.6. The van der Waals surface area contributed by atoms with Crippen LogP contribution in [0.15, 0.2) is 24.3 Å². The maximum absolute atomic E-state index is 11.5. The van der Waals surface area contributed by atoms with Gasteiger partial charge in [0, 0.05) is 6.54 Å². The van der Waals surface area contributed by atoms with Crippen molar-refractivity contribution in [2.45, 2.75) is 20.8 Å². The van der Waals surface area contributed by atoms with Crippen molar-refractivity contribution in [3.63, 3.8) is 0 Å². The van der Waals surface area contributed by atoms with Crippen molar-refractivity contribution >= 4 is 23.3 Å². The molecule has 3 nitrogen and oxygen atoms in total. The van der Waals surface area contributed by atoms with Crippen LogP contribution in [0.3, 0.4) is 0 Å². The Morgan fingerprint density at radius 1 is 1.31 bits per heavy atom. The monoisotopic (exact) mass is 240 g/mol. The van der Waals surface area contributed by atoms with E-state index in [1.54, 1.807) is 12.1 Å². The highest BCUT2D eigenvalue weighted by Gasteiger charge is 2.12. The van der Waals surface area contributed by atoms with Crippen molar-refractivity contribution < 1.29 is 4.79 Å². The molecule has 0 aliphatic carbocycles. The van der Waals surface area contributed by atoms with E-state index in [9.17, 15) is 4.79 Å². The Kier molecular flexibility index (Phi) is 4.19. The normalized spacial score (nSPS) is 11.0. The third-order valence-electron chi connectivity index (χ3n) is 1.90. The number of nitrogens with one attached hydrogen (secondary N) is 2. The van der Waals surface area contributed by atoms with Crippen molar-refractivity contribution in [2.24, 2.45) is 5.41 Å². The predicted octanol–water partition coefficient (Wildman–Crippen LogP) is 3.51. The molecular weight excluding hydrogens is 224 g/mol. The van der Waals surface area contributed by atoms with Gasteiger partial charge in [-0.1, -0.05) is 44.5 Å². The first-order valence-electron chi connectivity index (χ1n) is 5.18. The third kappa shape index (κ3) is 4.53. The first-order chi connectivity index (χ1) is 7.38. The first-order valence-corrected chi connectivity index (χ1v) is 5.56. The number of anilines is 1. The number of halogens is 1. The van der Waals surface area contributed by atoms with Gasteiger partial charge < -0.3 is 10.6 Å². The number of urea groups is 1. The summed E-state index contributed by atoms with van der Waals surface area (Å²) in [4.78, 5) is 11.5. The van der Waals surface area contributed by atoms with E-state index in [0.29, 0.717) is 17.3 Å². The van der Waals surface area contributed by atoms with Gasteiger partial charge in [0.25, 0.3) is 0 Å². The molecule has 0 fully saturated rings. The molecule has 1 aromatic rings. The summed E-state index contributed by atoms with van der Waals surface area (Å²) >= 11 is 5.92. The van der Waals surface area contributed by atoms with Gasteiger partial charge in [-0.15, -0.1) is 0 Å². The Bertz CT molecular complexity index is 372. The van der Waals surface area contributed by atoms with Gasteiger partial charge in [0.1, 0.15) is 0 Å². The molecule has 2 N–H and O–H groups in total. The fourth-order valence-electron chi connectivity index (χ4n) is 1.07. The zero-order valence-electron chi connectivity index (χ0n) is 9.80. The second-order valence-corrected chi connectivity index (χ2v) is 5.26. The number of para-hydroxylation sites is 1. The van der Waals surface area contributed by atoms with Crippen LogP contribution in [-0.2, 0) is 0 Å². The molecule has 0 radical (unpaired) electrons. The number of benzene rings is 1. The summed E-state index contributed by atoms with van der Waals surface area (Å²) < 4.78 is 0. The lowest BCUT2D eigenvalue weighted by Crippen LogP contribution is -2.35. The molecule has 0 unspecified atom stereocenters. The summed E-state index contributed by atoms with van der Waals surface area (Å²) in [6.07, 6.45) is 0. The highest BCUT2D eigenvalue weighted by molar-refractivity contribution is 6.33. The molecule has 1 aromatic carbocycles. The Morgan fingerprint density at radius 3 is 2.50 bits per heavy atom. The molecule has 1 rings (SSSR count). The van der Waals surface area contributed by atoms with Crippen LogP contribution in [0.1, 0.15) is 20.8 Å². The average Bonchev–Trinajstić information content (AvgIpc) is 2.18. The lowest BCUT2D eigenvalue weighted by atomic mass is 9.97. The van der Waals surface area contributed by atoms with E-state index in [4.69, 9.17) is 11.6 Å². The van der Waals surface area contributed by atoms with Crippen molar-refractivity contribution in [3.05, 3.63) is 29.3 Å². The van der Waals surface area contributed by atoms with E-state index in [-0.39, 0.29) is 11.4 Å². The van der Waals surface area contributed by atoms with E-state index in [2.05, 4.69) is 31.4 Å². The number of amides is 2. The molecule has 0 heterocycles. The standard InChI is InChI=1S/C12H17ClN2O/c1-12(2,3)8-14-11(16)15-10-7-5-4-6-9(10)13/h4-7H,8H2,1-3H3,(H2,14,15,16). The van der Waals surface area contributed by atoms with Crippen LogP contribution < -0.4 is 10.6 Å². The van der Waals surface area contributed by atoms with Gasteiger partial charge in [-0.3, -0.25) is 0 Å². The largest absolute Gasteiger partial charge is 0.337 e. The summed E-state index contributed by atoms with van der Waals surface area (Å²) in [5.74, 6) is 0. The van der Waals surface area contributed by atoms with Crippen LogP contribution in [0.5, 0.6) is 0 Å². The Balaban J connectivity index is 2.50. The van der Waals surface area contributed by atoms with Gasteiger partial charge in [0.2, 0.25) is 0 Å². The van der Waals surface area contributed by atoms with Crippen LogP contribution in [0.2, 0.25) is 5.02 Å². The Morgan fingerprint density at radius 2 is 1.94 bits per heavy atom. The smallest absolute Gasteiger partial charge is 0.319 e. The van der Waals surface area contributed by atoms with Gasteiger partial charge in [-0.25, -0.2) is 4.79 Å². The van der Waals surface area contributed by atoms with E-state index < -0.39 is 0 Å². The van der Waals surface area contributed by atoms with Crippen LogP contribution >= 0.6 is 11.6 Å². The van der Waals surface area contributed by atoms with Gasteiger partial charge in [0.05, 0.1) is 10.7 Å². The molecule has 0 aliphatic heterocycles. The maximum Gasteiger partial charge on any atom is 0.319 e. The van der Waals surface area contributed by atoms with Crippen LogP contribution in [-0.4, -0.2) is 12.6 Å². The minimum atomic E-state index is -0.233. The lowest BCUT2D eigenvalue weighted by Gasteiger charge is -2.19. The molecule has 88 valence electrons. The highest BCUT2D eigenvalue weighted by Crippen LogP contribution is 2.20. The summed E-state index contributed by atoms with van der Waals surface area (Å²) in [6, 6.07) is 6.91. The number of carbonyl (C=O) groups is 1. The van der Waals surface area contributed by atoms with Crippen molar-refractivity contribution in [3.8, 4) is 0 Å². The third-order valence-corrected chi connectivity index (χ3v) is 2.23. The summed E-state index contributed by atoms with van der Waals surface area (Å²) in [6.45, 7) is 6.79. The summed E-state index contributed by atoms with van der Waals surface area (Å²) in [5, 5.41) is 6.03. The zero-order chi connectivity index (χ0) is 12.2. The van der Waals surface area contributed by atoms with Crippen molar-refractivity contribution in [1.82, 2.24) is 5.32 Å². The van der Waals surface area contributed by atoms with E-state index in [0.717, 1.165) is 0 Å². The second kappa shape index (κ2) is 5.21. The molecule has 0 aliphatic rings. The molecule has 0 saturated heterocycles. The molecule has 0 aromatic heterocycles. The number of carbonyl (C=O) groups excluding carboxylic acids is 1. The lowest BCUT2D eigenvalue weighted by molar-refractivity contribution is 0.247. The van der Waals surface area contributed by atoms with Gasteiger partial charge in [0.15, 0.2) is 0 Å². The van der Waals surface area contributed by atoms with Crippen LogP contribution in [0, 0.1) is 5.41 Å². The fourth-order valence-corrected chi connectivity index (χ4v) is 1.26. The molecule has 0 atom stereocenters. The minimum absolute atomic E-state index is 0.0673. The van der Waals surface area contributed by atoms with Gasteiger partial charge in [-0.05, 0) is 17.5 Å². The topological polar surface area (TPSA) is 41.1 Å². The highest BCUT2D eigenvalue weighted by atomic mass is 35.5. The number of hydrogen-bond acceptors (Lipinski definition) is 1. The number of rotatable bonds is 2. The summed E-state index contributed by atoms with van der Waals surface area (Å²) in [7, 11) is 0. The molecule has 16 heavy (non-hydrogen) atoms. The molecule has 4 heteroatoms. The predicted molar refractivity (Wildman–Crippen MR) is 67.9 cm³/mol. The van der Waals surface area contributed by atoms with Crippen LogP contribution in [0.25, 0.3) is 0 Å². The molecule has 0 bridgehead atoms. The molecule has 0 spiro atoms. The average molecular weight is 241 g/mol. The van der Waals surface area contributed by atoms with Crippen molar-refractivity contribution in [1.29, 1.82) is 0 Å². The molecule has 0 saturated carbocycles. The fraction of sp³-hybridized carbons (Fsp3) is 0.417. The van der Waals surface area contributed by atoms with Gasteiger partial charge >= 0.3 is 6.03 Å². The maximum atomic E-state index is 11.5. The Hall–Kier alpha value is -1.22. The Labute approximate surface area is 101 Å². The summed E-state index contributed by atoms with van der Waals surface area (Å²) in [5.41, 5.74) is 0.688. The van der Waals surface area contributed by atoms with Crippen molar-refractivity contribution in [2.75, 3.05) is 11.9 Å². The van der Waals surface area contributed by atoms with Crippen LogP contribution in [0.4, 0.5) is 10.5 Å². The first kappa shape index (κ1) is 12.8. The van der Waals surface area contributed by atoms with E-state index >= 15 is 0 Å². The quantitative estimate of drug-likeness (QED) is 0.816. The molecule has 2 amide bonds. The SMILES string of the molecule is CC(C)(C)CNC(=O)Nc1ccccc1Cl. The molecular formula is C12H17ClN2O. The second-order valence-electron chi connectivity index (χ2n) is 4.85. The van der Waals surface area contributed by atoms with E-state index in [1.165, 1.54) is 0 Å². The van der Waals surface area contributed by atoms with Gasteiger partial charge in [-0.2, -0.15) is 0 Å². The van der Waals surface area contributed by atoms with E-state index in [1.807, 2.05) is 12.1 Å². The number of hydrogen-bond donors (Lipinski definition) is 2. The minimum Gasteiger partial charge on any atom is -0.337 e.